The molecule has 0 aliphatic rings. The molecule has 0 aromatic heterocycles. The highest BCUT2D eigenvalue weighted by Crippen LogP contribution is 2.30. The zero-order chi connectivity index (χ0) is 19.3. The molecule has 0 saturated carbocycles. The SMILES string of the molecule is CCNC(=NCC(CC)(CC)CCO)NCCCN(CC)S(C)(=O)=O. The quantitative estimate of drug-likeness (QED) is 0.256. The first-order valence-electron chi connectivity index (χ1n) is 9.36. The van der Waals surface area contributed by atoms with Crippen molar-refractivity contribution in [3.63, 3.8) is 0 Å². The minimum Gasteiger partial charge on any atom is -0.396 e. The van der Waals surface area contributed by atoms with E-state index in [1.807, 2.05) is 13.8 Å². The fourth-order valence-electron chi connectivity index (χ4n) is 2.75. The molecule has 0 aliphatic heterocycles. The molecule has 0 spiro atoms. The first kappa shape index (κ1) is 24.1. The van der Waals surface area contributed by atoms with Crippen molar-refractivity contribution >= 4 is 16.0 Å². The van der Waals surface area contributed by atoms with Gasteiger partial charge in [0.1, 0.15) is 0 Å². The van der Waals surface area contributed by atoms with E-state index in [0.717, 1.165) is 31.8 Å². The Morgan fingerprint density at radius 1 is 1.16 bits per heavy atom. The van der Waals surface area contributed by atoms with Gasteiger partial charge < -0.3 is 15.7 Å². The van der Waals surface area contributed by atoms with Crippen LogP contribution < -0.4 is 10.6 Å². The van der Waals surface area contributed by atoms with Crippen LogP contribution >= 0.6 is 0 Å². The lowest BCUT2D eigenvalue weighted by Crippen LogP contribution is -2.40. The van der Waals surface area contributed by atoms with Crippen molar-refractivity contribution in [1.29, 1.82) is 0 Å². The van der Waals surface area contributed by atoms with Gasteiger partial charge in [0.25, 0.3) is 0 Å². The largest absolute Gasteiger partial charge is 0.396 e. The van der Waals surface area contributed by atoms with Crippen LogP contribution in [0.15, 0.2) is 4.99 Å². The number of nitrogens with zero attached hydrogens (tertiary/aromatic N) is 2. The monoisotopic (exact) mass is 378 g/mol. The van der Waals surface area contributed by atoms with Gasteiger partial charge in [-0.2, -0.15) is 0 Å². The Morgan fingerprint density at radius 2 is 1.80 bits per heavy atom. The molecule has 0 heterocycles. The molecular formula is C17H38N4O3S. The smallest absolute Gasteiger partial charge is 0.211 e. The lowest BCUT2D eigenvalue weighted by Gasteiger charge is -2.29. The Balaban J connectivity index is 4.64. The highest BCUT2D eigenvalue weighted by molar-refractivity contribution is 7.88. The van der Waals surface area contributed by atoms with Crippen LogP contribution in [0.3, 0.4) is 0 Å². The van der Waals surface area contributed by atoms with E-state index in [4.69, 9.17) is 0 Å². The van der Waals surface area contributed by atoms with E-state index in [1.165, 1.54) is 10.6 Å². The Bertz CT molecular complexity index is 476. The lowest BCUT2D eigenvalue weighted by atomic mass is 9.79. The predicted octanol–water partition coefficient (Wildman–Crippen LogP) is 1.40. The summed E-state index contributed by atoms with van der Waals surface area (Å²) in [6.07, 6.45) is 4.67. The average Bonchev–Trinajstić information content (AvgIpc) is 2.57. The summed E-state index contributed by atoms with van der Waals surface area (Å²) in [6, 6.07) is 0. The summed E-state index contributed by atoms with van der Waals surface area (Å²) >= 11 is 0. The van der Waals surface area contributed by atoms with Gasteiger partial charge in [-0.3, -0.25) is 4.99 Å². The second kappa shape index (κ2) is 12.5. The Hall–Kier alpha value is -0.860. The van der Waals surface area contributed by atoms with E-state index in [1.54, 1.807) is 0 Å². The zero-order valence-electron chi connectivity index (χ0n) is 16.6. The number of hydrogen-bond donors (Lipinski definition) is 3. The number of sulfonamides is 1. The molecule has 0 atom stereocenters. The second-order valence-corrected chi connectivity index (χ2v) is 8.39. The van der Waals surface area contributed by atoms with E-state index < -0.39 is 10.0 Å². The number of hydrogen-bond acceptors (Lipinski definition) is 4. The lowest BCUT2D eigenvalue weighted by molar-refractivity contribution is 0.175. The van der Waals surface area contributed by atoms with Gasteiger partial charge in [-0.1, -0.05) is 20.8 Å². The number of guanidine groups is 1. The molecule has 0 fully saturated rings. The topological polar surface area (TPSA) is 94.0 Å². The molecule has 0 radical (unpaired) electrons. The van der Waals surface area contributed by atoms with Crippen LogP contribution in [-0.2, 0) is 10.0 Å². The van der Waals surface area contributed by atoms with Crippen molar-refractivity contribution in [3.05, 3.63) is 0 Å². The van der Waals surface area contributed by atoms with E-state index >= 15 is 0 Å². The minimum absolute atomic E-state index is 0.0341. The van der Waals surface area contributed by atoms with Gasteiger partial charge in [0, 0.05) is 39.3 Å². The molecule has 7 nitrogen and oxygen atoms in total. The molecule has 0 bridgehead atoms. The van der Waals surface area contributed by atoms with Crippen LogP contribution in [0.25, 0.3) is 0 Å². The number of aliphatic imine (C=N–C) groups is 1. The summed E-state index contributed by atoms with van der Waals surface area (Å²) in [5, 5.41) is 15.8. The standard InChI is InChI=1S/C17H38N4O3S/c1-6-17(7-2,11-14-22)15-20-16(18-8-3)19-12-10-13-21(9-4)25(5,23)24/h22H,6-15H2,1-5H3,(H2,18,19,20). The van der Waals surface area contributed by atoms with Crippen LogP contribution in [0.2, 0.25) is 0 Å². The molecule has 8 heteroatoms. The summed E-state index contributed by atoms with van der Waals surface area (Å²) < 4.78 is 24.6. The maximum absolute atomic E-state index is 11.6. The summed E-state index contributed by atoms with van der Waals surface area (Å²) in [6.45, 7) is 11.4. The molecule has 150 valence electrons. The first-order valence-corrected chi connectivity index (χ1v) is 11.2. The van der Waals surface area contributed by atoms with Gasteiger partial charge in [0.2, 0.25) is 10.0 Å². The first-order chi connectivity index (χ1) is 11.8. The molecular weight excluding hydrogens is 340 g/mol. The van der Waals surface area contributed by atoms with E-state index in [9.17, 15) is 13.5 Å². The highest BCUT2D eigenvalue weighted by Gasteiger charge is 2.25. The van der Waals surface area contributed by atoms with Gasteiger partial charge in [-0.15, -0.1) is 0 Å². The normalized spacial score (nSPS) is 13.3. The van der Waals surface area contributed by atoms with Gasteiger partial charge in [-0.05, 0) is 38.0 Å². The molecule has 3 N–H and O–H groups in total. The average molecular weight is 379 g/mol. The van der Waals surface area contributed by atoms with Crippen LogP contribution in [-0.4, -0.2) is 69.4 Å². The van der Waals surface area contributed by atoms with Crippen molar-refractivity contribution in [1.82, 2.24) is 14.9 Å². The van der Waals surface area contributed by atoms with Crippen LogP contribution in [0, 0.1) is 5.41 Å². The van der Waals surface area contributed by atoms with Crippen molar-refractivity contribution in [2.24, 2.45) is 10.4 Å². The Kier molecular flexibility index (Phi) is 12.1. The summed E-state index contributed by atoms with van der Waals surface area (Å²) in [5.74, 6) is 0.745. The summed E-state index contributed by atoms with van der Waals surface area (Å²) in [7, 11) is -3.13. The van der Waals surface area contributed by atoms with E-state index in [-0.39, 0.29) is 12.0 Å². The molecule has 0 rings (SSSR count). The van der Waals surface area contributed by atoms with Crippen molar-refractivity contribution in [2.75, 3.05) is 45.6 Å². The number of nitrogens with one attached hydrogen (secondary N) is 2. The van der Waals surface area contributed by atoms with Gasteiger partial charge >= 0.3 is 0 Å². The number of aliphatic hydroxyl groups is 1. The molecule has 0 saturated heterocycles. The van der Waals surface area contributed by atoms with Gasteiger partial charge in [0.05, 0.1) is 6.26 Å². The van der Waals surface area contributed by atoms with Crippen LogP contribution in [0.5, 0.6) is 0 Å². The van der Waals surface area contributed by atoms with Gasteiger partial charge in [-0.25, -0.2) is 12.7 Å². The third-order valence-corrected chi connectivity index (χ3v) is 6.14. The summed E-state index contributed by atoms with van der Waals surface area (Å²) in [5.41, 5.74) is 0.0341. The Morgan fingerprint density at radius 3 is 2.24 bits per heavy atom. The predicted molar refractivity (Wildman–Crippen MR) is 105 cm³/mol. The maximum atomic E-state index is 11.6. The van der Waals surface area contributed by atoms with E-state index in [0.29, 0.717) is 32.6 Å². The van der Waals surface area contributed by atoms with E-state index in [2.05, 4.69) is 29.5 Å². The maximum Gasteiger partial charge on any atom is 0.211 e. The third-order valence-electron chi connectivity index (χ3n) is 4.76. The van der Waals surface area contributed by atoms with Crippen molar-refractivity contribution < 1.29 is 13.5 Å². The molecule has 0 aliphatic carbocycles. The molecule has 0 aromatic carbocycles. The Labute approximate surface area is 154 Å². The number of aliphatic hydroxyl groups excluding tert-OH is 1. The fraction of sp³-hybridized carbons (Fsp3) is 0.941. The molecule has 0 unspecified atom stereocenters. The van der Waals surface area contributed by atoms with Crippen LogP contribution in [0.4, 0.5) is 0 Å². The van der Waals surface area contributed by atoms with Gasteiger partial charge in [0.15, 0.2) is 5.96 Å². The van der Waals surface area contributed by atoms with Crippen molar-refractivity contribution in [3.8, 4) is 0 Å². The second-order valence-electron chi connectivity index (χ2n) is 6.41. The molecule has 0 aromatic rings. The number of rotatable bonds is 13. The third kappa shape index (κ3) is 9.42. The van der Waals surface area contributed by atoms with Crippen molar-refractivity contribution in [2.45, 2.75) is 53.4 Å². The minimum atomic E-state index is -3.13. The van der Waals surface area contributed by atoms with Crippen LogP contribution in [0.1, 0.15) is 53.4 Å². The summed E-state index contributed by atoms with van der Waals surface area (Å²) in [4.78, 5) is 4.68. The zero-order valence-corrected chi connectivity index (χ0v) is 17.5. The molecule has 0 amide bonds. The fourth-order valence-corrected chi connectivity index (χ4v) is 3.68. The molecule has 25 heavy (non-hydrogen) atoms. The highest BCUT2D eigenvalue weighted by atomic mass is 32.2.